The second-order valence-electron chi connectivity index (χ2n) is 8.06. The number of halogens is 1. The molecule has 2 aliphatic rings. The van der Waals surface area contributed by atoms with Crippen LogP contribution in [0, 0.1) is 0 Å². The zero-order valence-corrected chi connectivity index (χ0v) is 20.3. The third-order valence-electron chi connectivity index (χ3n) is 5.83. The Hall–Kier alpha value is -3.07. The first-order valence-electron chi connectivity index (χ1n) is 10.8. The summed E-state index contributed by atoms with van der Waals surface area (Å²) in [6.45, 7) is 2.61. The lowest BCUT2D eigenvalue weighted by Gasteiger charge is -2.27. The van der Waals surface area contributed by atoms with Crippen LogP contribution in [0.2, 0.25) is 0 Å². The van der Waals surface area contributed by atoms with Crippen LogP contribution in [-0.2, 0) is 35.5 Å². The quantitative estimate of drug-likeness (QED) is 0.505. The lowest BCUT2D eigenvalue weighted by molar-refractivity contribution is -0.115. The number of fused-ring (bicyclic) bond motifs is 2. The van der Waals surface area contributed by atoms with Crippen LogP contribution < -0.4 is 14.8 Å². The second kappa shape index (κ2) is 10.5. The normalized spacial score (nSPS) is 14.1. The Labute approximate surface area is 208 Å². The highest BCUT2D eigenvalue weighted by atomic mass is 35.5. The first-order valence-corrected chi connectivity index (χ1v) is 11.6. The Morgan fingerprint density at radius 1 is 1.09 bits per heavy atom. The van der Waals surface area contributed by atoms with Crippen LogP contribution in [0.3, 0.4) is 0 Å². The van der Waals surface area contributed by atoms with Gasteiger partial charge in [-0.15, -0.1) is 23.7 Å². The molecular weight excluding hydrogens is 476 g/mol. The van der Waals surface area contributed by atoms with Crippen molar-refractivity contribution in [2.75, 3.05) is 25.8 Å². The summed E-state index contributed by atoms with van der Waals surface area (Å²) in [5.74, 6) is 0.708. The van der Waals surface area contributed by atoms with E-state index >= 15 is 0 Å². The molecule has 1 N–H and O–H groups in total. The van der Waals surface area contributed by atoms with E-state index in [1.54, 1.807) is 6.07 Å². The van der Waals surface area contributed by atoms with Gasteiger partial charge < -0.3 is 19.5 Å². The molecule has 1 amide bonds. The molecule has 3 aromatic rings. The molecule has 1 aromatic heterocycles. The summed E-state index contributed by atoms with van der Waals surface area (Å²) in [7, 11) is 1.37. The van der Waals surface area contributed by atoms with E-state index in [4.69, 9.17) is 14.2 Å². The number of amides is 1. The third-order valence-corrected chi connectivity index (χ3v) is 6.96. The van der Waals surface area contributed by atoms with Crippen LogP contribution in [0.1, 0.15) is 31.9 Å². The van der Waals surface area contributed by atoms with E-state index in [1.165, 1.54) is 24.0 Å². The van der Waals surface area contributed by atoms with Gasteiger partial charge in [0, 0.05) is 24.5 Å². The van der Waals surface area contributed by atoms with E-state index in [1.807, 2.05) is 30.3 Å². The minimum absolute atomic E-state index is 0. The fraction of sp³-hybridized carbons (Fsp3) is 0.280. The number of hydrogen-bond acceptors (Lipinski definition) is 7. The van der Waals surface area contributed by atoms with Gasteiger partial charge in [-0.05, 0) is 35.2 Å². The van der Waals surface area contributed by atoms with Crippen molar-refractivity contribution in [2.45, 2.75) is 25.9 Å². The van der Waals surface area contributed by atoms with E-state index in [0.717, 1.165) is 42.1 Å². The number of nitrogens with one attached hydrogen (secondary N) is 1. The molecule has 0 spiro atoms. The number of methoxy groups -OCH3 is 1. The van der Waals surface area contributed by atoms with Crippen molar-refractivity contribution in [3.63, 3.8) is 0 Å². The van der Waals surface area contributed by atoms with Gasteiger partial charge in [0.25, 0.3) is 0 Å². The molecule has 0 fully saturated rings. The van der Waals surface area contributed by atoms with Gasteiger partial charge >= 0.3 is 5.97 Å². The molecule has 3 heterocycles. The van der Waals surface area contributed by atoms with E-state index in [2.05, 4.69) is 22.3 Å². The fourth-order valence-corrected chi connectivity index (χ4v) is 5.54. The van der Waals surface area contributed by atoms with Crippen molar-refractivity contribution >= 4 is 40.6 Å². The smallest absolute Gasteiger partial charge is 0.341 e. The number of anilines is 1. The van der Waals surface area contributed by atoms with E-state index < -0.39 is 5.97 Å². The van der Waals surface area contributed by atoms with Gasteiger partial charge in [-0.25, -0.2) is 4.79 Å². The van der Waals surface area contributed by atoms with Crippen LogP contribution in [0.15, 0.2) is 48.5 Å². The summed E-state index contributed by atoms with van der Waals surface area (Å²) in [4.78, 5) is 28.9. The molecular formula is C25H25ClN2O5S. The Kier molecular flexibility index (Phi) is 7.41. The topological polar surface area (TPSA) is 77.1 Å². The monoisotopic (exact) mass is 500 g/mol. The van der Waals surface area contributed by atoms with Crippen LogP contribution in [0.5, 0.6) is 11.5 Å². The lowest BCUT2D eigenvalue weighted by Crippen LogP contribution is -2.29. The largest absolute Gasteiger partial charge is 0.465 e. The van der Waals surface area contributed by atoms with Gasteiger partial charge in [0.05, 0.1) is 19.1 Å². The standard InChI is InChI=1S/C25H24N2O5S.ClH/c1-30-25(29)23-18-9-10-27(13-16-5-3-2-4-6-16)14-21(18)33-24(23)26-22(28)12-17-7-8-19-20(11-17)32-15-31-19;/h2-8,11H,9-10,12-15H2,1H3,(H,26,28);1H. The zero-order chi connectivity index (χ0) is 22.8. The average molecular weight is 501 g/mol. The summed E-state index contributed by atoms with van der Waals surface area (Å²) in [5.41, 5.74) is 3.53. The van der Waals surface area contributed by atoms with Gasteiger partial charge in [-0.2, -0.15) is 0 Å². The van der Waals surface area contributed by atoms with Gasteiger partial charge in [-0.1, -0.05) is 36.4 Å². The summed E-state index contributed by atoms with van der Waals surface area (Å²) in [6.07, 6.45) is 0.904. The van der Waals surface area contributed by atoms with Crippen molar-refractivity contribution in [2.24, 2.45) is 0 Å². The molecule has 0 aliphatic carbocycles. The maximum atomic E-state index is 12.8. The number of nitrogens with zero attached hydrogens (tertiary/aromatic N) is 1. The third kappa shape index (κ3) is 5.04. The van der Waals surface area contributed by atoms with E-state index in [0.29, 0.717) is 22.1 Å². The number of thiophene rings is 1. The van der Waals surface area contributed by atoms with E-state index in [9.17, 15) is 9.59 Å². The molecule has 0 bridgehead atoms. The molecule has 0 saturated carbocycles. The molecule has 9 heteroatoms. The molecule has 0 unspecified atom stereocenters. The molecule has 34 heavy (non-hydrogen) atoms. The summed E-state index contributed by atoms with van der Waals surface area (Å²) in [5, 5.41) is 3.51. The van der Waals surface area contributed by atoms with Crippen molar-refractivity contribution in [1.82, 2.24) is 4.90 Å². The number of hydrogen-bond donors (Lipinski definition) is 1. The molecule has 0 saturated heterocycles. The zero-order valence-electron chi connectivity index (χ0n) is 18.7. The maximum absolute atomic E-state index is 12.8. The highest BCUT2D eigenvalue weighted by Crippen LogP contribution is 2.38. The summed E-state index contributed by atoms with van der Waals surface area (Å²) < 4.78 is 15.8. The molecule has 0 radical (unpaired) electrons. The SMILES string of the molecule is COC(=O)c1c(NC(=O)Cc2ccc3c(c2)OCO3)sc2c1CCN(Cc1ccccc1)C2.Cl. The number of rotatable bonds is 6. The number of benzene rings is 2. The molecule has 0 atom stereocenters. The average Bonchev–Trinajstić information content (AvgIpc) is 3.42. The molecule has 2 aliphatic heterocycles. The van der Waals surface area contributed by atoms with Gasteiger partial charge in [0.2, 0.25) is 12.7 Å². The van der Waals surface area contributed by atoms with Crippen LogP contribution in [0.25, 0.3) is 0 Å². The Bertz CT molecular complexity index is 1200. The van der Waals surface area contributed by atoms with Gasteiger partial charge in [0.1, 0.15) is 5.00 Å². The molecule has 5 rings (SSSR count). The van der Waals surface area contributed by atoms with Crippen LogP contribution >= 0.6 is 23.7 Å². The Morgan fingerprint density at radius 3 is 2.68 bits per heavy atom. The van der Waals surface area contributed by atoms with Crippen molar-refractivity contribution < 1.29 is 23.8 Å². The number of esters is 1. The molecule has 2 aromatic carbocycles. The lowest BCUT2D eigenvalue weighted by atomic mass is 10.0. The molecule has 7 nitrogen and oxygen atoms in total. The minimum Gasteiger partial charge on any atom is -0.465 e. The second-order valence-corrected chi connectivity index (χ2v) is 9.16. The predicted molar refractivity (Wildman–Crippen MR) is 132 cm³/mol. The highest BCUT2D eigenvalue weighted by Gasteiger charge is 2.29. The van der Waals surface area contributed by atoms with E-state index in [-0.39, 0.29) is 31.5 Å². The van der Waals surface area contributed by atoms with Gasteiger partial charge in [0.15, 0.2) is 11.5 Å². The highest BCUT2D eigenvalue weighted by molar-refractivity contribution is 7.17. The Morgan fingerprint density at radius 2 is 1.88 bits per heavy atom. The van der Waals surface area contributed by atoms with Crippen molar-refractivity contribution in [3.05, 3.63) is 75.7 Å². The first kappa shape index (κ1) is 24.1. The summed E-state index contributed by atoms with van der Waals surface area (Å²) >= 11 is 1.46. The van der Waals surface area contributed by atoms with Gasteiger partial charge in [-0.3, -0.25) is 9.69 Å². The fourth-order valence-electron chi connectivity index (χ4n) is 4.25. The maximum Gasteiger partial charge on any atom is 0.341 e. The number of carbonyl (C=O) groups excluding carboxylic acids is 2. The minimum atomic E-state index is -0.414. The summed E-state index contributed by atoms with van der Waals surface area (Å²) in [6, 6.07) is 15.8. The van der Waals surface area contributed by atoms with Crippen LogP contribution in [-0.4, -0.2) is 37.2 Å². The van der Waals surface area contributed by atoms with Crippen LogP contribution in [0.4, 0.5) is 5.00 Å². The first-order chi connectivity index (χ1) is 16.1. The molecule has 178 valence electrons. The predicted octanol–water partition coefficient (Wildman–Crippen LogP) is 4.42. The van der Waals surface area contributed by atoms with Crippen molar-refractivity contribution in [1.29, 1.82) is 0 Å². The number of ether oxygens (including phenoxy) is 3. The van der Waals surface area contributed by atoms with Crippen molar-refractivity contribution in [3.8, 4) is 11.5 Å². The Balaban J connectivity index is 0.00000274. The number of carbonyl (C=O) groups is 2.